The number of hydrogen-bond acceptors (Lipinski definition) is 3. The molecule has 0 heterocycles. The molecular formula is C14H11Br3N2OS. The molecule has 1 amide bonds. The average Bonchev–Trinajstić information content (AvgIpc) is 2.41. The minimum Gasteiger partial charge on any atom is -0.399 e. The van der Waals surface area contributed by atoms with Crippen LogP contribution in [0.25, 0.3) is 0 Å². The van der Waals surface area contributed by atoms with Crippen LogP contribution < -0.4 is 11.1 Å². The van der Waals surface area contributed by atoms with E-state index in [9.17, 15) is 4.79 Å². The average molecular weight is 495 g/mol. The van der Waals surface area contributed by atoms with Crippen LogP contribution in [0, 0.1) is 0 Å². The lowest BCUT2D eigenvalue weighted by Crippen LogP contribution is -2.14. The van der Waals surface area contributed by atoms with Gasteiger partial charge < -0.3 is 11.1 Å². The Kier molecular flexibility index (Phi) is 6.16. The number of hydrogen-bond donors (Lipinski definition) is 2. The maximum Gasteiger partial charge on any atom is 0.234 e. The normalized spacial score (nSPS) is 10.4. The summed E-state index contributed by atoms with van der Waals surface area (Å²) in [4.78, 5) is 13.0. The van der Waals surface area contributed by atoms with Gasteiger partial charge in [-0.25, -0.2) is 0 Å². The molecule has 0 aliphatic heterocycles. The van der Waals surface area contributed by atoms with Crippen molar-refractivity contribution in [3.8, 4) is 0 Å². The zero-order valence-electron chi connectivity index (χ0n) is 10.7. The van der Waals surface area contributed by atoms with Crippen LogP contribution in [-0.4, -0.2) is 11.7 Å². The molecule has 3 N–H and O–H groups in total. The van der Waals surface area contributed by atoms with E-state index in [2.05, 4.69) is 53.1 Å². The van der Waals surface area contributed by atoms with Crippen LogP contribution in [0.3, 0.4) is 0 Å². The summed E-state index contributed by atoms with van der Waals surface area (Å²) in [6.45, 7) is 0. The van der Waals surface area contributed by atoms with Crippen LogP contribution in [0.4, 0.5) is 11.4 Å². The van der Waals surface area contributed by atoms with E-state index in [0.29, 0.717) is 11.4 Å². The Morgan fingerprint density at radius 3 is 2.52 bits per heavy atom. The fourth-order valence-electron chi connectivity index (χ4n) is 1.55. The number of carbonyl (C=O) groups excluding carboxylic acids is 1. The zero-order valence-corrected chi connectivity index (χ0v) is 16.3. The lowest BCUT2D eigenvalue weighted by molar-refractivity contribution is -0.113. The summed E-state index contributed by atoms with van der Waals surface area (Å²) in [5.41, 5.74) is 7.13. The summed E-state index contributed by atoms with van der Waals surface area (Å²) in [6.07, 6.45) is 0. The molecule has 7 heteroatoms. The number of thioether (sulfide) groups is 1. The molecular weight excluding hydrogens is 484 g/mol. The SMILES string of the molecule is Nc1ccc(SCC(=O)Nc2ccc(Br)cc2Br)c(Br)c1. The van der Waals surface area contributed by atoms with E-state index in [4.69, 9.17) is 5.73 Å². The number of halogens is 3. The van der Waals surface area contributed by atoms with Crippen LogP contribution in [0.15, 0.2) is 54.7 Å². The molecule has 21 heavy (non-hydrogen) atoms. The van der Waals surface area contributed by atoms with Crippen molar-refractivity contribution >= 4 is 76.8 Å². The second-order valence-corrected chi connectivity index (χ2v) is 7.79. The first-order valence-corrected chi connectivity index (χ1v) is 9.25. The summed E-state index contributed by atoms with van der Waals surface area (Å²) in [7, 11) is 0. The Balaban J connectivity index is 1.96. The first-order valence-electron chi connectivity index (χ1n) is 5.88. The third-order valence-electron chi connectivity index (χ3n) is 2.52. The second-order valence-electron chi connectivity index (χ2n) is 4.15. The lowest BCUT2D eigenvalue weighted by Gasteiger charge is -2.08. The Morgan fingerprint density at radius 2 is 1.86 bits per heavy atom. The fraction of sp³-hybridized carbons (Fsp3) is 0.0714. The molecule has 0 fully saturated rings. The van der Waals surface area contributed by atoms with Crippen molar-refractivity contribution in [2.75, 3.05) is 16.8 Å². The number of carbonyl (C=O) groups is 1. The topological polar surface area (TPSA) is 55.1 Å². The molecule has 0 saturated carbocycles. The highest BCUT2D eigenvalue weighted by Crippen LogP contribution is 2.30. The maximum absolute atomic E-state index is 12.0. The van der Waals surface area contributed by atoms with Crippen LogP contribution >= 0.6 is 59.6 Å². The minimum atomic E-state index is -0.0632. The van der Waals surface area contributed by atoms with Gasteiger partial charge in [-0.1, -0.05) is 15.9 Å². The van der Waals surface area contributed by atoms with Crippen LogP contribution in [0.2, 0.25) is 0 Å². The summed E-state index contributed by atoms with van der Waals surface area (Å²) >= 11 is 11.7. The van der Waals surface area contributed by atoms with Gasteiger partial charge in [-0.05, 0) is 68.3 Å². The number of amides is 1. The monoisotopic (exact) mass is 492 g/mol. The van der Waals surface area contributed by atoms with E-state index in [-0.39, 0.29) is 5.91 Å². The van der Waals surface area contributed by atoms with Crippen molar-refractivity contribution in [2.24, 2.45) is 0 Å². The molecule has 0 saturated heterocycles. The second kappa shape index (κ2) is 7.67. The van der Waals surface area contributed by atoms with Gasteiger partial charge in [0.1, 0.15) is 0 Å². The van der Waals surface area contributed by atoms with E-state index >= 15 is 0 Å². The zero-order chi connectivity index (χ0) is 15.4. The summed E-state index contributed by atoms with van der Waals surface area (Å²) in [5, 5.41) is 2.87. The molecule has 3 nitrogen and oxygen atoms in total. The quantitative estimate of drug-likeness (QED) is 0.448. The van der Waals surface area contributed by atoms with E-state index in [0.717, 1.165) is 24.0 Å². The first-order chi connectivity index (χ1) is 9.95. The van der Waals surface area contributed by atoms with Gasteiger partial charge in [0.25, 0.3) is 0 Å². The van der Waals surface area contributed by atoms with E-state index in [1.165, 1.54) is 11.8 Å². The van der Waals surface area contributed by atoms with Gasteiger partial charge in [-0.2, -0.15) is 0 Å². The van der Waals surface area contributed by atoms with Gasteiger partial charge in [-0.15, -0.1) is 11.8 Å². The summed E-state index contributed by atoms with van der Waals surface area (Å²) in [5.74, 6) is 0.261. The number of nitrogen functional groups attached to an aromatic ring is 1. The number of benzene rings is 2. The molecule has 2 rings (SSSR count). The van der Waals surface area contributed by atoms with Crippen LogP contribution in [0.1, 0.15) is 0 Å². The number of nitrogens with one attached hydrogen (secondary N) is 1. The lowest BCUT2D eigenvalue weighted by atomic mass is 10.3. The highest BCUT2D eigenvalue weighted by molar-refractivity contribution is 9.11. The number of nitrogens with two attached hydrogens (primary N) is 1. The Bertz CT molecular complexity index is 679. The predicted molar refractivity (Wildman–Crippen MR) is 99.8 cm³/mol. The molecule has 0 atom stereocenters. The molecule has 2 aromatic carbocycles. The highest BCUT2D eigenvalue weighted by Gasteiger charge is 2.08. The molecule has 0 aliphatic rings. The number of rotatable bonds is 4. The highest BCUT2D eigenvalue weighted by atomic mass is 79.9. The predicted octanol–water partition coefficient (Wildman–Crippen LogP) is 5.29. The standard InChI is InChI=1S/C14H11Br3N2OS/c15-8-1-3-12(10(16)5-8)19-14(20)7-21-13-4-2-9(18)6-11(13)17/h1-6H,7,18H2,(H,19,20). The van der Waals surface area contributed by atoms with E-state index < -0.39 is 0 Å². The maximum atomic E-state index is 12.0. The van der Waals surface area contributed by atoms with E-state index in [1.807, 2.05) is 36.4 Å². The van der Waals surface area contributed by atoms with Crippen molar-refractivity contribution in [2.45, 2.75) is 4.90 Å². The Hall–Kier alpha value is -0.500. The summed E-state index contributed by atoms with van der Waals surface area (Å²) in [6, 6.07) is 11.1. The van der Waals surface area contributed by atoms with Crippen molar-refractivity contribution < 1.29 is 4.79 Å². The Labute approximate surface area is 152 Å². The first kappa shape index (κ1) is 16.9. The molecule has 0 unspecified atom stereocenters. The van der Waals surface area contributed by atoms with Gasteiger partial charge >= 0.3 is 0 Å². The van der Waals surface area contributed by atoms with Gasteiger partial charge in [0.2, 0.25) is 5.91 Å². The molecule has 110 valence electrons. The fourth-order valence-corrected chi connectivity index (χ4v) is 4.16. The van der Waals surface area contributed by atoms with Gasteiger partial charge in [0.15, 0.2) is 0 Å². The van der Waals surface area contributed by atoms with Gasteiger partial charge in [-0.3, -0.25) is 4.79 Å². The third kappa shape index (κ3) is 5.02. The van der Waals surface area contributed by atoms with Gasteiger partial charge in [0, 0.05) is 24.0 Å². The van der Waals surface area contributed by atoms with Gasteiger partial charge in [0.05, 0.1) is 11.4 Å². The molecule has 0 spiro atoms. The Morgan fingerprint density at radius 1 is 1.10 bits per heavy atom. The number of anilines is 2. The van der Waals surface area contributed by atoms with Crippen LogP contribution in [-0.2, 0) is 4.79 Å². The largest absolute Gasteiger partial charge is 0.399 e. The molecule has 0 aromatic heterocycles. The molecule has 0 radical (unpaired) electrons. The van der Waals surface area contributed by atoms with Crippen molar-refractivity contribution in [1.82, 2.24) is 0 Å². The minimum absolute atomic E-state index is 0.0632. The van der Waals surface area contributed by atoms with E-state index in [1.54, 1.807) is 0 Å². The molecule has 2 aromatic rings. The third-order valence-corrected chi connectivity index (χ3v) is 5.66. The summed E-state index contributed by atoms with van der Waals surface area (Å²) < 4.78 is 2.68. The van der Waals surface area contributed by atoms with Crippen LogP contribution in [0.5, 0.6) is 0 Å². The van der Waals surface area contributed by atoms with Crippen molar-refractivity contribution in [3.63, 3.8) is 0 Å². The van der Waals surface area contributed by atoms with Crippen molar-refractivity contribution in [1.29, 1.82) is 0 Å². The smallest absolute Gasteiger partial charge is 0.234 e. The molecule has 0 aliphatic carbocycles. The molecule has 0 bridgehead atoms. The van der Waals surface area contributed by atoms with Crippen molar-refractivity contribution in [3.05, 3.63) is 49.8 Å².